The quantitative estimate of drug-likeness (QED) is 0.742. The van der Waals surface area contributed by atoms with Gasteiger partial charge in [0.05, 0.1) is 12.0 Å². The van der Waals surface area contributed by atoms with Gasteiger partial charge in [-0.25, -0.2) is 4.79 Å². The molecule has 0 amide bonds. The number of rotatable bonds is 6. The highest BCUT2D eigenvalue weighted by Crippen LogP contribution is 2.34. The molecule has 0 spiro atoms. The summed E-state index contributed by atoms with van der Waals surface area (Å²) < 4.78 is 0. The first kappa shape index (κ1) is 18.0. The second-order valence-electron chi connectivity index (χ2n) is 5.60. The lowest BCUT2D eigenvalue weighted by atomic mass is 9.91. The number of nitrogens with two attached hydrogens (primary N) is 1. The van der Waals surface area contributed by atoms with Crippen molar-refractivity contribution in [1.82, 2.24) is 0 Å². The number of aromatic carboxylic acids is 1. The smallest absolute Gasteiger partial charge is 0.335 e. The van der Waals surface area contributed by atoms with Crippen LogP contribution in [0.3, 0.4) is 0 Å². The average Bonchev–Trinajstić information content (AvgIpc) is 2.53. The van der Waals surface area contributed by atoms with Crippen LogP contribution in [0.25, 0.3) is 11.1 Å². The number of carboxylic acid groups (broad SMARTS) is 2. The van der Waals surface area contributed by atoms with Gasteiger partial charge >= 0.3 is 11.9 Å². The van der Waals surface area contributed by atoms with Crippen LogP contribution in [0.2, 0.25) is 5.02 Å². The van der Waals surface area contributed by atoms with Gasteiger partial charge in [0.2, 0.25) is 0 Å². The van der Waals surface area contributed by atoms with Gasteiger partial charge in [-0.05, 0) is 54.4 Å². The van der Waals surface area contributed by atoms with Gasteiger partial charge in [-0.1, -0.05) is 23.7 Å². The van der Waals surface area contributed by atoms with E-state index >= 15 is 0 Å². The van der Waals surface area contributed by atoms with Gasteiger partial charge < -0.3 is 15.9 Å². The molecular weight excluding hydrogens is 330 g/mol. The van der Waals surface area contributed by atoms with Gasteiger partial charge in [-0.3, -0.25) is 4.79 Å². The van der Waals surface area contributed by atoms with Crippen LogP contribution in [0.1, 0.15) is 33.8 Å². The summed E-state index contributed by atoms with van der Waals surface area (Å²) in [5.41, 5.74) is 8.87. The summed E-state index contributed by atoms with van der Waals surface area (Å²) in [7, 11) is 0. The van der Waals surface area contributed by atoms with Crippen molar-refractivity contribution in [2.75, 3.05) is 6.54 Å². The molecule has 126 valence electrons. The molecule has 0 fully saturated rings. The van der Waals surface area contributed by atoms with Crippen molar-refractivity contribution in [3.63, 3.8) is 0 Å². The largest absolute Gasteiger partial charge is 0.481 e. The fourth-order valence-electron chi connectivity index (χ4n) is 2.60. The summed E-state index contributed by atoms with van der Waals surface area (Å²) in [5, 5.41) is 18.7. The van der Waals surface area contributed by atoms with E-state index in [9.17, 15) is 14.7 Å². The van der Waals surface area contributed by atoms with Crippen molar-refractivity contribution in [3.8, 4) is 11.1 Å². The molecule has 0 saturated heterocycles. The Morgan fingerprint density at radius 1 is 1.12 bits per heavy atom. The second-order valence-corrected chi connectivity index (χ2v) is 6.01. The standard InChI is InChI=1S/C18H18ClNO4/c1-10-2-3-12(18(23)24)7-14(10)15-6-11(4-5-16(15)19)13(9-20)8-17(21)22/h2-7,13H,8-9,20H2,1H3,(H,21,22)(H,23,24)/t13-/m0/s1. The molecule has 2 aromatic carbocycles. The summed E-state index contributed by atoms with van der Waals surface area (Å²) in [6.07, 6.45) is -0.0777. The van der Waals surface area contributed by atoms with Crippen molar-refractivity contribution < 1.29 is 19.8 Å². The highest BCUT2D eigenvalue weighted by molar-refractivity contribution is 6.33. The van der Waals surface area contributed by atoms with Crippen LogP contribution in [0.4, 0.5) is 0 Å². The summed E-state index contributed by atoms with van der Waals surface area (Å²) in [6, 6.07) is 10.0. The van der Waals surface area contributed by atoms with Gasteiger partial charge in [-0.15, -0.1) is 0 Å². The predicted octanol–water partition coefficient (Wildman–Crippen LogP) is 3.53. The molecule has 0 unspecified atom stereocenters. The van der Waals surface area contributed by atoms with E-state index in [1.54, 1.807) is 30.3 Å². The van der Waals surface area contributed by atoms with Crippen molar-refractivity contribution in [2.45, 2.75) is 19.3 Å². The molecule has 0 aliphatic rings. The summed E-state index contributed by atoms with van der Waals surface area (Å²) in [5.74, 6) is -2.28. The third-order valence-corrected chi connectivity index (χ3v) is 4.27. The SMILES string of the molecule is Cc1ccc(C(=O)O)cc1-c1cc([C@H](CN)CC(=O)O)ccc1Cl. The van der Waals surface area contributed by atoms with E-state index in [1.807, 2.05) is 6.92 Å². The Morgan fingerprint density at radius 2 is 1.83 bits per heavy atom. The van der Waals surface area contributed by atoms with Crippen LogP contribution in [0.5, 0.6) is 0 Å². The Balaban J connectivity index is 2.55. The van der Waals surface area contributed by atoms with Gasteiger partial charge in [-0.2, -0.15) is 0 Å². The van der Waals surface area contributed by atoms with Crippen LogP contribution in [-0.2, 0) is 4.79 Å². The van der Waals surface area contributed by atoms with E-state index in [0.717, 1.165) is 11.1 Å². The average molecular weight is 348 g/mol. The maximum Gasteiger partial charge on any atom is 0.335 e. The van der Waals surface area contributed by atoms with Gasteiger partial charge in [0.1, 0.15) is 0 Å². The molecule has 24 heavy (non-hydrogen) atoms. The highest BCUT2D eigenvalue weighted by Gasteiger charge is 2.17. The van der Waals surface area contributed by atoms with Crippen molar-refractivity contribution >= 4 is 23.5 Å². The van der Waals surface area contributed by atoms with Crippen LogP contribution < -0.4 is 5.73 Å². The first-order valence-corrected chi connectivity index (χ1v) is 7.77. The fourth-order valence-corrected chi connectivity index (χ4v) is 2.82. The Bertz CT molecular complexity index is 789. The van der Waals surface area contributed by atoms with E-state index < -0.39 is 11.9 Å². The van der Waals surface area contributed by atoms with E-state index in [1.165, 1.54) is 6.07 Å². The number of hydrogen-bond acceptors (Lipinski definition) is 3. The minimum atomic E-state index is -1.02. The maximum absolute atomic E-state index is 11.2. The van der Waals surface area contributed by atoms with Crippen molar-refractivity contribution in [1.29, 1.82) is 0 Å². The number of aliphatic carboxylic acids is 1. The first-order chi connectivity index (χ1) is 11.3. The van der Waals surface area contributed by atoms with E-state index in [0.29, 0.717) is 16.1 Å². The molecule has 0 heterocycles. The zero-order chi connectivity index (χ0) is 17.9. The van der Waals surface area contributed by atoms with Crippen molar-refractivity contribution in [2.24, 2.45) is 5.73 Å². The molecule has 0 bridgehead atoms. The maximum atomic E-state index is 11.2. The molecule has 1 atom stereocenters. The lowest BCUT2D eigenvalue weighted by Crippen LogP contribution is -2.16. The zero-order valence-corrected chi connectivity index (χ0v) is 13.9. The Morgan fingerprint density at radius 3 is 2.42 bits per heavy atom. The van der Waals surface area contributed by atoms with Gasteiger partial charge in [0.25, 0.3) is 0 Å². The van der Waals surface area contributed by atoms with Crippen LogP contribution in [0, 0.1) is 6.92 Å². The lowest BCUT2D eigenvalue weighted by molar-refractivity contribution is -0.137. The van der Waals surface area contributed by atoms with Gasteiger partial charge in [0.15, 0.2) is 0 Å². The predicted molar refractivity (Wildman–Crippen MR) is 92.6 cm³/mol. The molecule has 2 rings (SSSR count). The number of carboxylic acids is 2. The fraction of sp³-hybridized carbons (Fsp3) is 0.222. The Hall–Kier alpha value is -2.37. The number of halogens is 1. The third kappa shape index (κ3) is 3.93. The van der Waals surface area contributed by atoms with Gasteiger partial charge in [0, 0.05) is 16.5 Å². The minimum Gasteiger partial charge on any atom is -0.481 e. The number of benzene rings is 2. The molecule has 5 nitrogen and oxygen atoms in total. The normalized spacial score (nSPS) is 12.0. The molecule has 2 aromatic rings. The lowest BCUT2D eigenvalue weighted by Gasteiger charge is -2.16. The van der Waals surface area contributed by atoms with Crippen LogP contribution in [-0.4, -0.2) is 28.7 Å². The summed E-state index contributed by atoms with van der Waals surface area (Å²) >= 11 is 6.29. The summed E-state index contributed by atoms with van der Waals surface area (Å²) in [6.45, 7) is 2.06. The molecule has 6 heteroatoms. The number of aryl methyl sites for hydroxylation is 1. The third-order valence-electron chi connectivity index (χ3n) is 3.94. The van der Waals surface area contributed by atoms with E-state index in [4.69, 9.17) is 22.4 Å². The Kier molecular flexibility index (Phi) is 5.59. The molecule has 0 aliphatic carbocycles. The number of hydrogen-bond donors (Lipinski definition) is 3. The monoisotopic (exact) mass is 347 g/mol. The molecule has 4 N–H and O–H groups in total. The molecule has 0 aliphatic heterocycles. The van der Waals surface area contributed by atoms with Crippen LogP contribution in [0.15, 0.2) is 36.4 Å². The van der Waals surface area contributed by atoms with E-state index in [-0.39, 0.29) is 24.4 Å². The zero-order valence-electron chi connectivity index (χ0n) is 13.1. The van der Waals surface area contributed by atoms with Crippen molar-refractivity contribution in [3.05, 3.63) is 58.1 Å². The molecular formula is C18H18ClNO4. The molecule has 0 aromatic heterocycles. The van der Waals surface area contributed by atoms with Crippen LogP contribution >= 0.6 is 11.6 Å². The first-order valence-electron chi connectivity index (χ1n) is 7.39. The Labute approximate surface area is 144 Å². The topological polar surface area (TPSA) is 101 Å². The molecule has 0 saturated carbocycles. The summed E-state index contributed by atoms with van der Waals surface area (Å²) in [4.78, 5) is 22.2. The van der Waals surface area contributed by atoms with E-state index in [2.05, 4.69) is 0 Å². The molecule has 0 radical (unpaired) electrons. The minimum absolute atomic E-state index is 0.0777. The number of carbonyl (C=O) groups is 2. The second kappa shape index (κ2) is 7.47. The highest BCUT2D eigenvalue weighted by atomic mass is 35.5.